The number of likely N-dealkylation sites (N-methyl/N-ethyl adjacent to an activating group) is 1. The molecule has 110 valence electrons. The second-order valence-electron chi connectivity index (χ2n) is 5.44. The molecule has 7 nitrogen and oxygen atoms in total. The molecular weight excluding hydrogens is 252 g/mol. The molecule has 0 rings (SSSR count). The zero-order valence-corrected chi connectivity index (χ0v) is 12.3. The van der Waals surface area contributed by atoms with Crippen LogP contribution in [-0.2, 0) is 14.3 Å². The molecule has 0 spiro atoms. The zero-order valence-electron chi connectivity index (χ0n) is 12.3. The number of carbonyl (C=O) groups is 3. The minimum atomic E-state index is -1.25. The van der Waals surface area contributed by atoms with Crippen LogP contribution in [0.25, 0.3) is 0 Å². The highest BCUT2D eigenvalue weighted by Crippen LogP contribution is 2.13. The van der Waals surface area contributed by atoms with Crippen molar-refractivity contribution in [2.24, 2.45) is 0 Å². The lowest BCUT2D eigenvalue weighted by Gasteiger charge is -2.28. The van der Waals surface area contributed by atoms with Crippen molar-refractivity contribution in [2.45, 2.75) is 38.8 Å². The van der Waals surface area contributed by atoms with Gasteiger partial charge in [0, 0.05) is 21.1 Å². The third kappa shape index (κ3) is 6.08. The largest absolute Gasteiger partial charge is 0.480 e. The van der Waals surface area contributed by atoms with Crippen LogP contribution in [-0.4, -0.2) is 65.7 Å². The molecule has 0 aromatic rings. The molecular formula is C12H22N2O5. The topological polar surface area (TPSA) is 87.2 Å². The van der Waals surface area contributed by atoms with Gasteiger partial charge in [-0.25, -0.2) is 9.59 Å². The predicted octanol–water partition coefficient (Wildman–Crippen LogP) is 0.785. The van der Waals surface area contributed by atoms with Crippen LogP contribution in [0.1, 0.15) is 27.2 Å². The number of hydrogen-bond acceptors (Lipinski definition) is 4. The summed E-state index contributed by atoms with van der Waals surface area (Å²) in [5, 5.41) is 9.10. The monoisotopic (exact) mass is 274 g/mol. The van der Waals surface area contributed by atoms with Gasteiger partial charge in [-0.05, 0) is 20.8 Å². The van der Waals surface area contributed by atoms with Gasteiger partial charge in [-0.15, -0.1) is 0 Å². The molecule has 0 aliphatic carbocycles. The fourth-order valence-corrected chi connectivity index (χ4v) is 1.20. The van der Waals surface area contributed by atoms with E-state index in [0.717, 1.165) is 4.90 Å². The number of nitrogens with zero attached hydrogens (tertiary/aromatic N) is 2. The summed E-state index contributed by atoms with van der Waals surface area (Å²) in [6.07, 6.45) is -1.07. The summed E-state index contributed by atoms with van der Waals surface area (Å²) >= 11 is 0. The molecule has 0 saturated heterocycles. The van der Waals surface area contributed by atoms with Crippen LogP contribution in [0.15, 0.2) is 0 Å². The van der Waals surface area contributed by atoms with Crippen LogP contribution in [0.5, 0.6) is 0 Å². The van der Waals surface area contributed by atoms with Crippen LogP contribution in [0, 0.1) is 0 Å². The summed E-state index contributed by atoms with van der Waals surface area (Å²) in [5.74, 6) is -1.62. The van der Waals surface area contributed by atoms with Crippen molar-refractivity contribution >= 4 is 18.0 Å². The van der Waals surface area contributed by atoms with Gasteiger partial charge < -0.3 is 14.7 Å². The highest BCUT2D eigenvalue weighted by Gasteiger charge is 2.32. The molecule has 2 amide bonds. The normalized spacial score (nSPS) is 12.5. The lowest BCUT2D eigenvalue weighted by Crippen LogP contribution is -2.47. The number of aliphatic carboxylic acids is 1. The summed E-state index contributed by atoms with van der Waals surface area (Å²) in [6.45, 7) is 5.04. The Bertz CT molecular complexity index is 360. The van der Waals surface area contributed by atoms with E-state index >= 15 is 0 Å². The van der Waals surface area contributed by atoms with Crippen LogP contribution >= 0.6 is 0 Å². The Balaban J connectivity index is 4.85. The van der Waals surface area contributed by atoms with Crippen molar-refractivity contribution < 1.29 is 24.2 Å². The van der Waals surface area contributed by atoms with Gasteiger partial charge in [0.05, 0.1) is 6.42 Å². The van der Waals surface area contributed by atoms with Crippen molar-refractivity contribution in [1.82, 2.24) is 9.80 Å². The zero-order chi connectivity index (χ0) is 15.4. The van der Waals surface area contributed by atoms with Gasteiger partial charge in [-0.1, -0.05) is 0 Å². The maximum absolute atomic E-state index is 11.8. The van der Waals surface area contributed by atoms with Gasteiger partial charge in [0.1, 0.15) is 11.6 Å². The quantitative estimate of drug-likeness (QED) is 0.818. The summed E-state index contributed by atoms with van der Waals surface area (Å²) in [7, 11) is 4.35. The summed E-state index contributed by atoms with van der Waals surface area (Å²) < 4.78 is 5.07. The molecule has 1 N–H and O–H groups in total. The molecule has 0 radical (unpaired) electrons. The molecule has 0 bridgehead atoms. The standard InChI is InChI=1S/C12H22N2O5/c1-12(2,3)19-11(18)14(6)8(10(16)17)7-9(15)13(4)5/h8H,7H2,1-6H3,(H,16,17)/t8-/m0/s1. The lowest BCUT2D eigenvalue weighted by molar-refractivity contribution is -0.146. The summed E-state index contributed by atoms with van der Waals surface area (Å²) in [6, 6.07) is -1.25. The minimum absolute atomic E-state index is 0.294. The van der Waals surface area contributed by atoms with Crippen LogP contribution in [0.2, 0.25) is 0 Å². The smallest absolute Gasteiger partial charge is 0.410 e. The van der Waals surface area contributed by atoms with Gasteiger partial charge in [0.2, 0.25) is 5.91 Å². The van der Waals surface area contributed by atoms with Crippen molar-refractivity contribution in [3.8, 4) is 0 Å². The van der Waals surface area contributed by atoms with Crippen molar-refractivity contribution in [3.63, 3.8) is 0 Å². The van der Waals surface area contributed by atoms with Gasteiger partial charge in [0.15, 0.2) is 0 Å². The second kappa shape index (κ2) is 6.40. The van der Waals surface area contributed by atoms with Crippen molar-refractivity contribution in [2.75, 3.05) is 21.1 Å². The summed E-state index contributed by atoms with van der Waals surface area (Å²) in [4.78, 5) is 36.7. The average molecular weight is 274 g/mol. The highest BCUT2D eigenvalue weighted by molar-refractivity contribution is 5.86. The number of rotatable bonds is 4. The maximum atomic E-state index is 11.8. The molecule has 7 heteroatoms. The first kappa shape index (κ1) is 17.2. The van der Waals surface area contributed by atoms with Gasteiger partial charge in [0.25, 0.3) is 0 Å². The second-order valence-corrected chi connectivity index (χ2v) is 5.44. The van der Waals surface area contributed by atoms with E-state index in [1.54, 1.807) is 20.8 Å². The van der Waals surface area contributed by atoms with Crippen LogP contribution in [0.4, 0.5) is 4.79 Å². The predicted molar refractivity (Wildman–Crippen MR) is 68.7 cm³/mol. The van der Waals surface area contributed by atoms with Crippen LogP contribution < -0.4 is 0 Å². The fourth-order valence-electron chi connectivity index (χ4n) is 1.20. The SMILES string of the molecule is CN(C)C(=O)C[C@@H](C(=O)O)N(C)C(=O)OC(C)(C)C. The number of hydrogen-bond donors (Lipinski definition) is 1. The molecule has 0 aromatic carbocycles. The Morgan fingerprint density at radius 2 is 1.63 bits per heavy atom. The van der Waals surface area contributed by atoms with E-state index in [1.165, 1.54) is 26.0 Å². The molecule has 19 heavy (non-hydrogen) atoms. The Morgan fingerprint density at radius 1 is 1.16 bits per heavy atom. The Morgan fingerprint density at radius 3 is 1.95 bits per heavy atom. The van der Waals surface area contributed by atoms with E-state index in [9.17, 15) is 14.4 Å². The van der Waals surface area contributed by atoms with E-state index < -0.39 is 23.7 Å². The molecule has 0 aliphatic rings. The molecule has 0 saturated carbocycles. The number of carbonyl (C=O) groups excluding carboxylic acids is 2. The molecule has 0 aromatic heterocycles. The van der Waals surface area contributed by atoms with E-state index in [4.69, 9.17) is 9.84 Å². The number of amides is 2. The summed E-state index contributed by atoms with van der Waals surface area (Å²) in [5.41, 5.74) is -0.722. The fraction of sp³-hybridized carbons (Fsp3) is 0.750. The van der Waals surface area contributed by atoms with E-state index in [0.29, 0.717) is 0 Å². The third-order valence-corrected chi connectivity index (χ3v) is 2.30. The lowest BCUT2D eigenvalue weighted by atomic mass is 10.1. The van der Waals surface area contributed by atoms with Crippen molar-refractivity contribution in [1.29, 1.82) is 0 Å². The van der Waals surface area contributed by atoms with E-state index in [1.807, 2.05) is 0 Å². The van der Waals surface area contributed by atoms with E-state index in [-0.39, 0.29) is 12.3 Å². The third-order valence-electron chi connectivity index (χ3n) is 2.30. The Hall–Kier alpha value is -1.79. The van der Waals surface area contributed by atoms with Crippen LogP contribution in [0.3, 0.4) is 0 Å². The minimum Gasteiger partial charge on any atom is -0.480 e. The number of ether oxygens (including phenoxy) is 1. The van der Waals surface area contributed by atoms with E-state index in [2.05, 4.69) is 0 Å². The van der Waals surface area contributed by atoms with Gasteiger partial charge >= 0.3 is 12.1 Å². The first-order chi connectivity index (χ1) is 8.45. The average Bonchev–Trinajstić information content (AvgIpc) is 2.21. The first-order valence-electron chi connectivity index (χ1n) is 5.84. The molecule has 1 atom stereocenters. The number of carboxylic acid groups (broad SMARTS) is 1. The maximum Gasteiger partial charge on any atom is 0.410 e. The molecule has 0 fully saturated rings. The van der Waals surface area contributed by atoms with Gasteiger partial charge in [-0.3, -0.25) is 9.69 Å². The highest BCUT2D eigenvalue weighted by atomic mass is 16.6. The first-order valence-corrected chi connectivity index (χ1v) is 5.84. The Labute approximate surface area is 113 Å². The van der Waals surface area contributed by atoms with Crippen molar-refractivity contribution in [3.05, 3.63) is 0 Å². The molecule has 0 unspecified atom stereocenters. The molecule has 0 aliphatic heterocycles. The van der Waals surface area contributed by atoms with Gasteiger partial charge in [-0.2, -0.15) is 0 Å². The number of carboxylic acids is 1. The molecule has 0 heterocycles. The Kier molecular flexibility index (Phi) is 5.80.